The summed E-state index contributed by atoms with van der Waals surface area (Å²) in [6.07, 6.45) is 16.1. The number of hydrogen-bond donors (Lipinski definition) is 3. The summed E-state index contributed by atoms with van der Waals surface area (Å²) in [7, 11) is 5.70. The summed E-state index contributed by atoms with van der Waals surface area (Å²) in [6, 6.07) is 3.14. The van der Waals surface area contributed by atoms with Gasteiger partial charge < -0.3 is 15.3 Å². The number of aliphatic hydroxyl groups excluding tert-OH is 3. The Hall–Kier alpha value is -3.60. The number of rotatable bonds is 24. The molecule has 67 heavy (non-hydrogen) atoms. The van der Waals surface area contributed by atoms with E-state index in [9.17, 15) is 29.7 Å². The van der Waals surface area contributed by atoms with Gasteiger partial charge in [-0.05, 0) is 86.3 Å². The van der Waals surface area contributed by atoms with Gasteiger partial charge in [-0.15, -0.1) is 22.7 Å². The third-order valence-corrected chi connectivity index (χ3v) is 13.8. The molecule has 0 spiro atoms. The van der Waals surface area contributed by atoms with E-state index in [4.69, 9.17) is 0 Å². The number of aliphatic hydroxyl groups is 3. The van der Waals surface area contributed by atoms with E-state index in [1.165, 1.54) is 6.33 Å². The zero-order valence-electron chi connectivity index (χ0n) is 43.8. The number of aromatic nitrogens is 3. The number of hydrogen-bond acceptors (Lipinski definition) is 14. The van der Waals surface area contributed by atoms with Crippen LogP contribution in [-0.2, 0) is 14.4 Å². The molecule has 3 rings (SSSR count). The summed E-state index contributed by atoms with van der Waals surface area (Å²) in [5, 5.41) is 37.0. The molecule has 14 heteroatoms. The number of nitrogens with zero attached hydrogens (tertiary/aromatic N) is 6. The van der Waals surface area contributed by atoms with E-state index >= 15 is 0 Å². The summed E-state index contributed by atoms with van der Waals surface area (Å²) < 4.78 is 0. The SMILES string of the molecule is CC(C)C(=O)[C@H]([C@H](O)[C@H](C)/C=C/c1cccs1)N(C)C(C)C.CC(C)C(=O)[C@H]([C@H](O)[C@H](C)/C=C/c1cncnc1)N(C)C(C)C.CC(C)C(=O)[C@H]([C@H](O)[C@H](C)/C=C/c1nccs1)N(C)C(C)C. The second-order valence-corrected chi connectivity index (χ2v) is 21.4. The number of carbonyl (C=O) groups is 3. The van der Waals surface area contributed by atoms with Gasteiger partial charge in [0.15, 0.2) is 17.3 Å². The van der Waals surface area contributed by atoms with E-state index in [1.54, 1.807) is 41.3 Å². The molecule has 0 unspecified atom stereocenters. The monoisotopic (exact) mass is 967 g/mol. The average molecular weight is 967 g/mol. The van der Waals surface area contributed by atoms with Crippen LogP contribution in [0.4, 0.5) is 0 Å². The van der Waals surface area contributed by atoms with Gasteiger partial charge in [-0.2, -0.15) is 0 Å². The Bertz CT molecular complexity index is 1830. The van der Waals surface area contributed by atoms with Crippen LogP contribution in [-0.4, -0.2) is 138 Å². The Balaban J connectivity index is 0.000000503. The molecule has 0 aliphatic carbocycles. The van der Waals surface area contributed by atoms with Gasteiger partial charge in [-0.1, -0.05) is 92.7 Å². The number of Topliss-reactive ketones (excluding diaryl/α,β-unsaturated/α-hetero) is 3. The normalized spacial score (nSPS) is 16.5. The van der Waals surface area contributed by atoms with Crippen molar-refractivity contribution in [2.75, 3.05) is 21.1 Å². The second kappa shape index (κ2) is 30.8. The predicted octanol–water partition coefficient (Wildman–Crippen LogP) is 9.20. The minimum absolute atomic E-state index is 0.0667. The van der Waals surface area contributed by atoms with Crippen LogP contribution in [0.25, 0.3) is 18.2 Å². The Morgan fingerprint density at radius 3 is 1.22 bits per heavy atom. The minimum Gasteiger partial charge on any atom is -0.390 e. The lowest BCUT2D eigenvalue weighted by molar-refractivity contribution is -0.133. The molecular formula is C53H86N6O6S2. The molecule has 0 aromatic carbocycles. The molecule has 0 saturated heterocycles. The Morgan fingerprint density at radius 2 is 0.910 bits per heavy atom. The quantitative estimate of drug-likeness (QED) is 0.0783. The molecule has 0 aliphatic rings. The van der Waals surface area contributed by atoms with Gasteiger partial charge in [0.25, 0.3) is 0 Å². The maximum atomic E-state index is 12.6. The van der Waals surface area contributed by atoms with Crippen LogP contribution in [0.2, 0.25) is 0 Å². The van der Waals surface area contributed by atoms with Gasteiger partial charge in [0.1, 0.15) is 11.3 Å². The highest BCUT2D eigenvalue weighted by atomic mass is 32.1. The summed E-state index contributed by atoms with van der Waals surface area (Å²) in [6.45, 7) is 29.3. The topological polar surface area (TPSA) is 160 Å². The first kappa shape index (κ1) is 61.4. The number of carbonyl (C=O) groups excluding carboxylic acids is 3. The average Bonchev–Trinajstić information content (AvgIpc) is 4.02. The molecule has 0 bridgehead atoms. The molecule has 376 valence electrons. The summed E-state index contributed by atoms with van der Waals surface area (Å²) in [4.78, 5) is 56.8. The molecule has 0 fully saturated rings. The van der Waals surface area contributed by atoms with Crippen LogP contribution in [0.15, 0.2) is 66.0 Å². The van der Waals surface area contributed by atoms with E-state index in [-0.39, 0.29) is 71.0 Å². The van der Waals surface area contributed by atoms with Crippen molar-refractivity contribution in [2.45, 2.75) is 158 Å². The van der Waals surface area contributed by atoms with Gasteiger partial charge in [0.2, 0.25) is 0 Å². The first-order chi connectivity index (χ1) is 31.3. The van der Waals surface area contributed by atoms with Crippen LogP contribution in [0, 0.1) is 35.5 Å². The van der Waals surface area contributed by atoms with E-state index in [1.807, 2.05) is 199 Å². The van der Waals surface area contributed by atoms with Crippen LogP contribution < -0.4 is 0 Å². The predicted molar refractivity (Wildman–Crippen MR) is 281 cm³/mol. The van der Waals surface area contributed by atoms with E-state index in [0.29, 0.717) is 0 Å². The summed E-state index contributed by atoms with van der Waals surface area (Å²) in [5.41, 5.74) is 0.871. The molecule has 0 aliphatic heterocycles. The minimum atomic E-state index is -0.766. The van der Waals surface area contributed by atoms with Gasteiger partial charge >= 0.3 is 0 Å². The van der Waals surface area contributed by atoms with Gasteiger partial charge in [0, 0.05) is 88.0 Å². The molecule has 3 N–H and O–H groups in total. The number of likely N-dealkylation sites (N-methyl/N-ethyl adjacent to an activating group) is 3. The first-order valence-corrected chi connectivity index (χ1v) is 25.6. The highest BCUT2D eigenvalue weighted by Crippen LogP contribution is 2.24. The van der Waals surface area contributed by atoms with Crippen molar-refractivity contribution in [1.82, 2.24) is 29.7 Å². The molecule has 3 aromatic rings. The van der Waals surface area contributed by atoms with Crippen molar-refractivity contribution < 1.29 is 29.7 Å². The fourth-order valence-corrected chi connectivity index (χ4v) is 8.03. The smallest absolute Gasteiger partial charge is 0.155 e. The molecule has 12 nitrogen and oxygen atoms in total. The molecule has 3 heterocycles. The molecule has 0 amide bonds. The van der Waals surface area contributed by atoms with Crippen LogP contribution in [0.1, 0.15) is 119 Å². The van der Waals surface area contributed by atoms with Gasteiger partial charge in [0.05, 0.1) is 36.4 Å². The fourth-order valence-electron chi connectivity index (χ4n) is 6.87. The fraction of sp³-hybridized carbons (Fsp3) is 0.623. The van der Waals surface area contributed by atoms with E-state index in [2.05, 4.69) is 15.0 Å². The third-order valence-electron chi connectivity index (χ3n) is 12.2. The third kappa shape index (κ3) is 20.5. The summed E-state index contributed by atoms with van der Waals surface area (Å²) >= 11 is 3.21. The number of thiophene rings is 1. The maximum Gasteiger partial charge on any atom is 0.155 e. The van der Waals surface area contributed by atoms with Crippen molar-refractivity contribution in [2.24, 2.45) is 35.5 Å². The van der Waals surface area contributed by atoms with Gasteiger partial charge in [-0.25, -0.2) is 15.0 Å². The van der Waals surface area contributed by atoms with Gasteiger partial charge in [-0.3, -0.25) is 29.1 Å². The van der Waals surface area contributed by atoms with Crippen molar-refractivity contribution in [3.05, 3.63) is 81.5 Å². The molecule has 3 aromatic heterocycles. The van der Waals surface area contributed by atoms with Crippen molar-refractivity contribution in [3.63, 3.8) is 0 Å². The lowest BCUT2D eigenvalue weighted by Gasteiger charge is -2.36. The number of thiazole rings is 1. The zero-order chi connectivity index (χ0) is 51.3. The molecule has 9 atom stereocenters. The number of ketones is 3. The maximum absolute atomic E-state index is 12.6. The second-order valence-electron chi connectivity index (χ2n) is 19.5. The highest BCUT2D eigenvalue weighted by Gasteiger charge is 2.37. The highest BCUT2D eigenvalue weighted by molar-refractivity contribution is 7.11. The standard InChI is InChI=1S/C18H29N3O2.C18H29NO2S.C17H28N2O2S/c1-12(2)17(22)16(21(6)13(3)4)18(23)14(5)7-8-15-9-19-11-20-10-15;1-12(2)17(20)16(19(6)13(3)4)18(21)14(5)9-10-15-8-7-11-22-15;1-11(2)16(20)15(19(6)12(3)4)17(21)13(5)7-8-14-18-9-10-22-14/h7-14,16,18,23H,1-6H3;7-14,16,18,21H,1-6H3;7-13,15,17,21H,1-6H3/b8-7+;10-9+;8-7+/t2*14-,16-,18-;13-,15-,17-/m111/s1. The van der Waals surface area contributed by atoms with Crippen LogP contribution >= 0.6 is 22.7 Å². The van der Waals surface area contributed by atoms with Crippen molar-refractivity contribution in [1.29, 1.82) is 0 Å². The molecule has 0 saturated carbocycles. The van der Waals surface area contributed by atoms with E-state index < -0.39 is 36.4 Å². The zero-order valence-corrected chi connectivity index (χ0v) is 45.4. The Kier molecular flexibility index (Phi) is 28.2. The first-order valence-electron chi connectivity index (χ1n) is 23.8. The molecule has 0 radical (unpaired) electrons. The molecular weight excluding hydrogens is 881 g/mol. The van der Waals surface area contributed by atoms with Crippen LogP contribution in [0.3, 0.4) is 0 Å². The van der Waals surface area contributed by atoms with E-state index in [0.717, 1.165) is 15.4 Å². The Morgan fingerprint density at radius 1 is 0.537 bits per heavy atom. The van der Waals surface area contributed by atoms with Crippen LogP contribution in [0.5, 0.6) is 0 Å². The Labute approximate surface area is 412 Å². The van der Waals surface area contributed by atoms with Crippen molar-refractivity contribution in [3.8, 4) is 0 Å². The van der Waals surface area contributed by atoms with Crippen molar-refractivity contribution >= 4 is 58.3 Å². The lowest BCUT2D eigenvalue weighted by Crippen LogP contribution is -2.53. The summed E-state index contributed by atoms with van der Waals surface area (Å²) in [5.74, 6) is -0.437. The largest absolute Gasteiger partial charge is 0.390 e. The lowest BCUT2D eigenvalue weighted by atomic mass is 9.88.